The molecule has 1 saturated heterocycles. The molecule has 3 rings (SSSR count). The van der Waals surface area contributed by atoms with Crippen LogP contribution < -0.4 is 14.8 Å². The van der Waals surface area contributed by atoms with E-state index in [0.717, 1.165) is 23.6 Å². The molecule has 23 heavy (non-hydrogen) atoms. The van der Waals surface area contributed by atoms with Crippen molar-refractivity contribution in [1.29, 1.82) is 0 Å². The lowest BCUT2D eigenvalue weighted by atomic mass is 10.0. The predicted octanol–water partition coefficient (Wildman–Crippen LogP) is 2.34. The normalized spacial score (nSPS) is 21.0. The summed E-state index contributed by atoms with van der Waals surface area (Å²) in [7, 11) is 0. The Bertz CT molecular complexity index is 582. The van der Waals surface area contributed by atoms with E-state index in [4.69, 9.17) is 14.2 Å². The Morgan fingerprint density at radius 1 is 1.30 bits per heavy atom. The molecule has 6 heteroatoms. The Morgan fingerprint density at radius 2 is 2.09 bits per heavy atom. The third-order valence-electron chi connectivity index (χ3n) is 3.83. The molecule has 0 radical (unpaired) electrons. The van der Waals surface area contributed by atoms with Crippen molar-refractivity contribution in [3.05, 3.63) is 23.8 Å². The lowest BCUT2D eigenvalue weighted by molar-refractivity contribution is 0.0113. The monoisotopic (exact) mass is 320 g/mol. The molecule has 1 amide bonds. The van der Waals surface area contributed by atoms with Gasteiger partial charge in [0, 0.05) is 25.2 Å². The van der Waals surface area contributed by atoms with Gasteiger partial charge in [0.05, 0.1) is 6.04 Å². The predicted molar refractivity (Wildman–Crippen MR) is 86.0 cm³/mol. The number of nitrogens with one attached hydrogen (secondary N) is 1. The number of hydrogen-bond acceptors (Lipinski definition) is 5. The van der Waals surface area contributed by atoms with Crippen molar-refractivity contribution in [1.82, 2.24) is 10.2 Å². The van der Waals surface area contributed by atoms with E-state index < -0.39 is 5.60 Å². The summed E-state index contributed by atoms with van der Waals surface area (Å²) in [5.41, 5.74) is 0.447. The van der Waals surface area contributed by atoms with Crippen molar-refractivity contribution >= 4 is 6.09 Å². The molecule has 2 aliphatic heterocycles. The first-order chi connectivity index (χ1) is 11.0. The molecule has 1 aromatic carbocycles. The van der Waals surface area contributed by atoms with Gasteiger partial charge in [-0.2, -0.15) is 0 Å². The highest BCUT2D eigenvalue weighted by Gasteiger charge is 2.34. The van der Waals surface area contributed by atoms with Gasteiger partial charge < -0.3 is 19.5 Å². The molecule has 1 atom stereocenters. The molecule has 6 nitrogen and oxygen atoms in total. The topological polar surface area (TPSA) is 60.0 Å². The Balaban J connectivity index is 1.89. The number of amides is 1. The molecule has 0 bridgehead atoms. The summed E-state index contributed by atoms with van der Waals surface area (Å²) in [4.78, 5) is 14.3. The molecule has 0 saturated carbocycles. The molecule has 1 aromatic rings. The van der Waals surface area contributed by atoms with Gasteiger partial charge in [0.15, 0.2) is 11.5 Å². The standard InChI is InChI=1S/C17H24N2O4/c1-17(2,3)23-16(20)19-8-7-18-11-13(19)12-5-4-6-14-15(12)22-10-9-21-14/h4-6,13,18H,7-11H2,1-3H3. The van der Waals surface area contributed by atoms with Crippen molar-refractivity contribution in [2.45, 2.75) is 32.4 Å². The van der Waals surface area contributed by atoms with E-state index in [2.05, 4.69) is 5.32 Å². The molecular formula is C17H24N2O4. The first kappa shape index (κ1) is 15.9. The molecule has 0 aliphatic carbocycles. The van der Waals surface area contributed by atoms with Gasteiger partial charge in [-0.25, -0.2) is 4.79 Å². The number of rotatable bonds is 1. The largest absolute Gasteiger partial charge is 0.486 e. The minimum absolute atomic E-state index is 0.129. The van der Waals surface area contributed by atoms with Crippen LogP contribution in [0.1, 0.15) is 32.4 Å². The van der Waals surface area contributed by atoms with Crippen molar-refractivity contribution in [3.63, 3.8) is 0 Å². The van der Waals surface area contributed by atoms with Crippen LogP contribution in [0.2, 0.25) is 0 Å². The summed E-state index contributed by atoms with van der Waals surface area (Å²) in [6.45, 7) is 8.73. The number of benzene rings is 1. The molecule has 1 fully saturated rings. The molecule has 0 aromatic heterocycles. The number of para-hydroxylation sites is 1. The Kier molecular flexibility index (Phi) is 4.35. The van der Waals surface area contributed by atoms with Crippen LogP contribution in [0, 0.1) is 0 Å². The number of ether oxygens (including phenoxy) is 3. The summed E-state index contributed by atoms with van der Waals surface area (Å²) in [6.07, 6.45) is -0.293. The first-order valence-electron chi connectivity index (χ1n) is 8.04. The van der Waals surface area contributed by atoms with Crippen LogP contribution in [-0.4, -0.2) is 49.4 Å². The fourth-order valence-electron chi connectivity index (χ4n) is 2.88. The smallest absolute Gasteiger partial charge is 0.410 e. The first-order valence-corrected chi connectivity index (χ1v) is 8.04. The van der Waals surface area contributed by atoms with Gasteiger partial charge in [0.25, 0.3) is 0 Å². The van der Waals surface area contributed by atoms with Crippen LogP contribution in [0.15, 0.2) is 18.2 Å². The third kappa shape index (κ3) is 3.52. The highest BCUT2D eigenvalue weighted by Crippen LogP contribution is 2.39. The summed E-state index contributed by atoms with van der Waals surface area (Å²) in [5, 5.41) is 3.34. The highest BCUT2D eigenvalue weighted by molar-refractivity contribution is 5.69. The lowest BCUT2D eigenvalue weighted by Crippen LogP contribution is -2.50. The lowest BCUT2D eigenvalue weighted by Gasteiger charge is -2.38. The van der Waals surface area contributed by atoms with Crippen LogP contribution in [0.5, 0.6) is 11.5 Å². The van der Waals surface area contributed by atoms with Crippen molar-refractivity contribution in [2.75, 3.05) is 32.8 Å². The quantitative estimate of drug-likeness (QED) is 0.860. The Labute approximate surface area is 136 Å². The summed E-state index contributed by atoms with van der Waals surface area (Å²) in [5.74, 6) is 1.48. The zero-order valence-corrected chi connectivity index (χ0v) is 13.9. The number of carbonyl (C=O) groups is 1. The fourth-order valence-corrected chi connectivity index (χ4v) is 2.88. The Morgan fingerprint density at radius 3 is 2.87 bits per heavy atom. The van der Waals surface area contributed by atoms with E-state index in [-0.39, 0.29) is 12.1 Å². The number of piperazine rings is 1. The van der Waals surface area contributed by atoms with Crippen molar-refractivity contribution in [2.24, 2.45) is 0 Å². The highest BCUT2D eigenvalue weighted by atomic mass is 16.6. The maximum Gasteiger partial charge on any atom is 0.410 e. The fraction of sp³-hybridized carbons (Fsp3) is 0.588. The van der Waals surface area contributed by atoms with E-state index >= 15 is 0 Å². The van der Waals surface area contributed by atoms with E-state index in [1.807, 2.05) is 39.0 Å². The minimum Gasteiger partial charge on any atom is -0.486 e. The third-order valence-corrected chi connectivity index (χ3v) is 3.83. The van der Waals surface area contributed by atoms with Gasteiger partial charge in [0.1, 0.15) is 18.8 Å². The molecule has 2 heterocycles. The Hall–Kier alpha value is -1.95. The molecule has 1 unspecified atom stereocenters. The van der Waals surface area contributed by atoms with E-state index in [1.54, 1.807) is 4.90 Å². The van der Waals surface area contributed by atoms with Gasteiger partial charge in [-0.1, -0.05) is 12.1 Å². The number of fused-ring (bicyclic) bond motifs is 1. The van der Waals surface area contributed by atoms with Gasteiger partial charge in [-0.05, 0) is 26.8 Å². The van der Waals surface area contributed by atoms with Crippen LogP contribution in [0.4, 0.5) is 4.79 Å². The SMILES string of the molecule is CC(C)(C)OC(=O)N1CCNCC1c1cccc2c1OCCO2. The van der Waals surface area contributed by atoms with E-state index in [1.165, 1.54) is 0 Å². The average Bonchev–Trinajstić information content (AvgIpc) is 2.53. The maximum absolute atomic E-state index is 12.6. The maximum atomic E-state index is 12.6. The average molecular weight is 320 g/mol. The molecular weight excluding hydrogens is 296 g/mol. The summed E-state index contributed by atoms with van der Waals surface area (Å²) in [6, 6.07) is 5.69. The minimum atomic E-state index is -0.512. The zero-order valence-electron chi connectivity index (χ0n) is 13.9. The number of carbonyl (C=O) groups excluding carboxylic acids is 1. The number of nitrogens with zero attached hydrogens (tertiary/aromatic N) is 1. The van der Waals surface area contributed by atoms with Crippen LogP contribution in [-0.2, 0) is 4.74 Å². The van der Waals surface area contributed by atoms with Crippen LogP contribution in [0.3, 0.4) is 0 Å². The molecule has 126 valence electrons. The van der Waals surface area contributed by atoms with Gasteiger partial charge in [-0.15, -0.1) is 0 Å². The van der Waals surface area contributed by atoms with Crippen molar-refractivity contribution in [3.8, 4) is 11.5 Å². The second-order valence-corrected chi connectivity index (χ2v) is 6.77. The second-order valence-electron chi connectivity index (χ2n) is 6.77. The van der Waals surface area contributed by atoms with Crippen molar-refractivity contribution < 1.29 is 19.0 Å². The molecule has 1 N–H and O–H groups in total. The summed E-state index contributed by atoms with van der Waals surface area (Å²) >= 11 is 0. The second kappa shape index (κ2) is 6.28. The summed E-state index contributed by atoms with van der Waals surface area (Å²) < 4.78 is 17.0. The van der Waals surface area contributed by atoms with Gasteiger partial charge >= 0.3 is 6.09 Å². The number of hydrogen-bond donors (Lipinski definition) is 1. The van der Waals surface area contributed by atoms with Crippen LogP contribution >= 0.6 is 0 Å². The van der Waals surface area contributed by atoms with E-state index in [0.29, 0.717) is 26.3 Å². The van der Waals surface area contributed by atoms with E-state index in [9.17, 15) is 4.79 Å². The van der Waals surface area contributed by atoms with Gasteiger partial charge in [-0.3, -0.25) is 4.90 Å². The molecule has 2 aliphatic rings. The molecule has 0 spiro atoms. The van der Waals surface area contributed by atoms with Gasteiger partial charge in [0.2, 0.25) is 0 Å². The zero-order chi connectivity index (χ0) is 16.4. The van der Waals surface area contributed by atoms with Crippen LogP contribution in [0.25, 0.3) is 0 Å².